The summed E-state index contributed by atoms with van der Waals surface area (Å²) in [6, 6.07) is 9.09. The lowest BCUT2D eigenvalue weighted by molar-refractivity contribution is -0.138. The zero-order valence-corrected chi connectivity index (χ0v) is 27.1. The van der Waals surface area contributed by atoms with Crippen LogP contribution in [0.5, 0.6) is 0 Å². The normalized spacial score (nSPS) is 23.5. The Hall–Kier alpha value is -4.48. The zero-order valence-electron chi connectivity index (χ0n) is 27.1. The Morgan fingerprint density at radius 1 is 1.00 bits per heavy atom. The molecule has 1 heterocycles. The van der Waals surface area contributed by atoms with Gasteiger partial charge in [-0.15, -0.1) is 0 Å². The fourth-order valence-corrected chi connectivity index (χ4v) is 7.65. The Balaban J connectivity index is 1.40. The Morgan fingerprint density at radius 3 is 2.42 bits per heavy atom. The van der Waals surface area contributed by atoms with E-state index in [-0.39, 0.29) is 30.9 Å². The Labute approximate surface area is 277 Å². The molecule has 12 heteroatoms. The molecule has 0 saturated heterocycles. The SMILES string of the molecule is CC1CC2CCC(C(=O)N[C@@H](Cc3c[nH]c4ccccc34)C(=O)N[C@@H](CCC(=O)C=N)C(=O)Nc3ccc(C(F)(F)F)cc3)(C1)CC2C. The van der Waals surface area contributed by atoms with E-state index in [1.807, 2.05) is 24.3 Å². The maximum Gasteiger partial charge on any atom is 0.416 e. The van der Waals surface area contributed by atoms with Crippen molar-refractivity contribution in [1.29, 1.82) is 5.41 Å². The quantitative estimate of drug-likeness (QED) is 0.147. The van der Waals surface area contributed by atoms with Gasteiger partial charge in [0.25, 0.3) is 0 Å². The lowest BCUT2D eigenvalue weighted by atomic mass is 9.66. The number of amides is 3. The molecule has 3 aliphatic rings. The van der Waals surface area contributed by atoms with Gasteiger partial charge >= 0.3 is 6.18 Å². The highest BCUT2D eigenvalue weighted by Gasteiger charge is 2.49. The number of fused-ring (bicyclic) bond motifs is 5. The summed E-state index contributed by atoms with van der Waals surface area (Å²) in [6.45, 7) is 4.36. The van der Waals surface area contributed by atoms with E-state index in [2.05, 4.69) is 34.8 Å². The number of hydrogen-bond donors (Lipinski definition) is 5. The molecule has 0 aliphatic heterocycles. The van der Waals surface area contributed by atoms with Crippen molar-refractivity contribution in [2.45, 2.75) is 83.5 Å². The molecular formula is C36H42F3N5O4. The van der Waals surface area contributed by atoms with Crippen LogP contribution in [0.4, 0.5) is 18.9 Å². The minimum absolute atomic E-state index is 0.0700. The number of alkyl halides is 3. The van der Waals surface area contributed by atoms with E-state index in [4.69, 9.17) is 5.41 Å². The molecule has 48 heavy (non-hydrogen) atoms. The van der Waals surface area contributed by atoms with Crippen LogP contribution >= 0.6 is 0 Å². The third kappa shape index (κ3) is 7.96. The Morgan fingerprint density at radius 2 is 1.73 bits per heavy atom. The fourth-order valence-electron chi connectivity index (χ4n) is 7.65. The second-order valence-corrected chi connectivity index (χ2v) is 13.7. The number of nitrogens with one attached hydrogen (secondary N) is 5. The van der Waals surface area contributed by atoms with Crippen molar-refractivity contribution in [1.82, 2.24) is 15.6 Å². The largest absolute Gasteiger partial charge is 0.416 e. The van der Waals surface area contributed by atoms with Crippen molar-refractivity contribution in [3.63, 3.8) is 0 Å². The maximum absolute atomic E-state index is 14.2. The number of aromatic amines is 1. The smallest absolute Gasteiger partial charge is 0.361 e. The van der Waals surface area contributed by atoms with E-state index in [0.29, 0.717) is 24.0 Å². The maximum atomic E-state index is 14.2. The molecule has 0 radical (unpaired) electrons. The molecular weight excluding hydrogens is 623 g/mol. The molecule has 5 N–H and O–H groups in total. The van der Waals surface area contributed by atoms with Gasteiger partial charge in [-0.1, -0.05) is 32.0 Å². The predicted molar refractivity (Wildman–Crippen MR) is 176 cm³/mol. The fraction of sp³-hybridized carbons (Fsp3) is 0.472. The molecule has 6 atom stereocenters. The summed E-state index contributed by atoms with van der Waals surface area (Å²) < 4.78 is 39.2. The summed E-state index contributed by atoms with van der Waals surface area (Å²) in [6.07, 6.45) is 1.80. The van der Waals surface area contributed by atoms with Crippen LogP contribution in [0.25, 0.3) is 10.9 Å². The molecule has 256 valence electrons. The van der Waals surface area contributed by atoms with Crippen LogP contribution in [-0.4, -0.2) is 46.8 Å². The van der Waals surface area contributed by atoms with E-state index < -0.39 is 46.8 Å². The van der Waals surface area contributed by atoms with Crippen molar-refractivity contribution in [3.05, 3.63) is 65.9 Å². The number of carbonyl (C=O) groups excluding carboxylic acids is 4. The summed E-state index contributed by atoms with van der Waals surface area (Å²) in [4.78, 5) is 56.9. The van der Waals surface area contributed by atoms with E-state index in [9.17, 15) is 32.3 Å². The first kappa shape index (κ1) is 34.8. The highest BCUT2D eigenvalue weighted by molar-refractivity contribution is 6.26. The topological polar surface area (TPSA) is 144 Å². The molecule has 4 unspecified atom stereocenters. The number of Topliss-reactive ketones (excluding diaryl/α,β-unsaturated/α-hetero) is 1. The van der Waals surface area contributed by atoms with Crippen molar-refractivity contribution < 1.29 is 32.3 Å². The highest BCUT2D eigenvalue weighted by Crippen LogP contribution is 2.52. The number of para-hydroxylation sites is 1. The van der Waals surface area contributed by atoms with Gasteiger partial charge in [-0.3, -0.25) is 19.2 Å². The minimum atomic E-state index is -4.55. The number of benzene rings is 2. The average Bonchev–Trinajstić information content (AvgIpc) is 3.30. The third-order valence-corrected chi connectivity index (χ3v) is 10.1. The number of aromatic nitrogens is 1. The number of rotatable bonds is 12. The lowest BCUT2D eigenvalue weighted by Crippen LogP contribution is -2.56. The Bertz CT molecular complexity index is 1670. The zero-order chi connectivity index (χ0) is 34.6. The summed E-state index contributed by atoms with van der Waals surface area (Å²) in [5.41, 5.74) is 0.226. The summed E-state index contributed by atoms with van der Waals surface area (Å²) in [5.74, 6) is -0.831. The molecule has 3 saturated carbocycles. The molecule has 1 aromatic heterocycles. The number of anilines is 1. The van der Waals surface area contributed by atoms with Crippen LogP contribution in [0.15, 0.2) is 54.7 Å². The van der Waals surface area contributed by atoms with Crippen LogP contribution in [0, 0.1) is 28.6 Å². The van der Waals surface area contributed by atoms with Gasteiger partial charge in [-0.05, 0) is 92.2 Å². The van der Waals surface area contributed by atoms with Gasteiger partial charge in [-0.2, -0.15) is 13.2 Å². The van der Waals surface area contributed by atoms with E-state index in [1.54, 1.807) is 6.20 Å². The molecule has 9 nitrogen and oxygen atoms in total. The van der Waals surface area contributed by atoms with Crippen LogP contribution < -0.4 is 16.0 Å². The number of ketones is 1. The van der Waals surface area contributed by atoms with Gasteiger partial charge in [0.15, 0.2) is 5.78 Å². The van der Waals surface area contributed by atoms with Crippen molar-refractivity contribution in [3.8, 4) is 0 Å². The van der Waals surface area contributed by atoms with Crippen molar-refractivity contribution in [2.24, 2.45) is 23.2 Å². The van der Waals surface area contributed by atoms with Gasteiger partial charge < -0.3 is 26.3 Å². The molecule has 3 aliphatic carbocycles. The van der Waals surface area contributed by atoms with Crippen LogP contribution in [0.3, 0.4) is 0 Å². The number of H-pyrrole nitrogens is 1. The second-order valence-electron chi connectivity index (χ2n) is 13.7. The monoisotopic (exact) mass is 665 g/mol. The minimum Gasteiger partial charge on any atom is -0.361 e. The molecule has 2 aromatic carbocycles. The van der Waals surface area contributed by atoms with E-state index >= 15 is 0 Å². The standard InChI is InChI=1S/C36H42F3N5O4/c1-21-15-23-13-14-35(17-21,18-22(23)2)34(48)44-31(16-24-20-41-29-6-4-3-5-28(24)29)33(47)43-30(12-11-27(45)19-40)32(46)42-26-9-7-25(8-10-26)36(37,38)39/h3-10,19-23,30-31,40-41H,11-18H2,1-2H3,(H,42,46)(H,43,47)(H,44,48)/t21?,22?,23?,30-,31-,35?/m0/s1. The van der Waals surface area contributed by atoms with Gasteiger partial charge in [0, 0.05) is 41.0 Å². The van der Waals surface area contributed by atoms with Gasteiger partial charge in [-0.25, -0.2) is 0 Å². The van der Waals surface area contributed by atoms with Crippen molar-refractivity contribution >= 4 is 46.3 Å². The summed E-state index contributed by atoms with van der Waals surface area (Å²) in [7, 11) is 0. The average molecular weight is 666 g/mol. The molecule has 0 spiro atoms. The highest BCUT2D eigenvalue weighted by atomic mass is 19.4. The van der Waals surface area contributed by atoms with Gasteiger partial charge in [0.1, 0.15) is 12.1 Å². The third-order valence-electron chi connectivity index (χ3n) is 10.1. The number of carbonyl (C=O) groups is 4. The first-order valence-corrected chi connectivity index (χ1v) is 16.5. The Kier molecular flexibility index (Phi) is 10.4. The van der Waals surface area contributed by atoms with E-state index in [0.717, 1.165) is 72.8 Å². The molecule has 3 fully saturated rings. The van der Waals surface area contributed by atoms with Crippen LogP contribution in [0.1, 0.15) is 69.9 Å². The van der Waals surface area contributed by atoms with Crippen LogP contribution in [0.2, 0.25) is 0 Å². The summed E-state index contributed by atoms with van der Waals surface area (Å²) >= 11 is 0. The van der Waals surface area contributed by atoms with E-state index in [1.165, 1.54) is 0 Å². The van der Waals surface area contributed by atoms with Crippen LogP contribution in [-0.2, 0) is 31.8 Å². The predicted octanol–water partition coefficient (Wildman–Crippen LogP) is 6.19. The second kappa shape index (κ2) is 14.3. The lowest BCUT2D eigenvalue weighted by Gasteiger charge is -2.40. The number of hydrogen-bond acceptors (Lipinski definition) is 5. The molecule has 2 bridgehead atoms. The van der Waals surface area contributed by atoms with Gasteiger partial charge in [0.2, 0.25) is 17.7 Å². The number of halogens is 3. The summed E-state index contributed by atoms with van der Waals surface area (Å²) in [5, 5.41) is 16.4. The molecule has 3 amide bonds. The van der Waals surface area contributed by atoms with Crippen molar-refractivity contribution in [2.75, 3.05) is 5.32 Å². The molecule has 6 rings (SSSR count). The molecule has 3 aromatic rings. The first-order chi connectivity index (χ1) is 22.8. The van der Waals surface area contributed by atoms with Gasteiger partial charge in [0.05, 0.1) is 11.8 Å². The first-order valence-electron chi connectivity index (χ1n) is 16.5.